The molecule has 0 saturated carbocycles. The van der Waals surface area contributed by atoms with Crippen molar-refractivity contribution >= 4 is 11.9 Å². The Labute approximate surface area is 116 Å². The minimum atomic E-state index is -1.42. The van der Waals surface area contributed by atoms with Crippen LogP contribution in [-0.2, 0) is 9.53 Å². The van der Waals surface area contributed by atoms with Crippen LogP contribution in [0.2, 0.25) is 0 Å². The van der Waals surface area contributed by atoms with Crippen molar-refractivity contribution in [1.29, 1.82) is 0 Å². The number of para-hydroxylation sites is 1. The fraction of sp³-hybridized carbons (Fsp3) is 0.385. The lowest BCUT2D eigenvalue weighted by atomic mass is 10.1. The first-order valence-corrected chi connectivity index (χ1v) is 5.80. The zero-order valence-corrected chi connectivity index (χ0v) is 11.5. The van der Waals surface area contributed by atoms with E-state index in [9.17, 15) is 14.7 Å². The second kappa shape index (κ2) is 7.34. The number of nitrogens with one attached hydrogen (secondary N) is 1. The van der Waals surface area contributed by atoms with Gasteiger partial charge in [0.05, 0.1) is 33.4 Å². The van der Waals surface area contributed by atoms with E-state index in [-0.39, 0.29) is 17.9 Å². The normalized spacial score (nSPS) is 11.4. The Morgan fingerprint density at radius 2 is 1.95 bits per heavy atom. The Bertz CT molecular complexity index is 488. The van der Waals surface area contributed by atoms with Gasteiger partial charge in [-0.3, -0.25) is 4.79 Å². The molecule has 110 valence electrons. The molecular weight excluding hydrogens is 266 g/mol. The zero-order chi connectivity index (χ0) is 15.1. The molecular formula is C13H17NO6. The standard InChI is InChI=1S/C13H17NO6/c1-18-10-6-4-5-8(11(10)19-2)12(16)14-7-9(15)13(17)20-3/h4-6,9,15H,7H2,1-3H3,(H,14,16). The maximum absolute atomic E-state index is 12.0. The van der Waals surface area contributed by atoms with Crippen LogP contribution in [0.4, 0.5) is 0 Å². The van der Waals surface area contributed by atoms with E-state index >= 15 is 0 Å². The second-order valence-electron chi connectivity index (χ2n) is 3.79. The summed E-state index contributed by atoms with van der Waals surface area (Å²) in [5, 5.41) is 11.8. The van der Waals surface area contributed by atoms with Gasteiger partial charge in [-0.15, -0.1) is 0 Å². The lowest BCUT2D eigenvalue weighted by Gasteiger charge is -2.13. The highest BCUT2D eigenvalue weighted by Crippen LogP contribution is 2.30. The number of hydrogen-bond acceptors (Lipinski definition) is 6. The van der Waals surface area contributed by atoms with Gasteiger partial charge in [0.2, 0.25) is 0 Å². The number of amides is 1. The summed E-state index contributed by atoms with van der Waals surface area (Å²) < 4.78 is 14.6. The first-order valence-electron chi connectivity index (χ1n) is 5.80. The molecule has 7 nitrogen and oxygen atoms in total. The van der Waals surface area contributed by atoms with Crippen LogP contribution >= 0.6 is 0 Å². The first kappa shape index (κ1) is 15.8. The number of rotatable bonds is 6. The average molecular weight is 283 g/mol. The van der Waals surface area contributed by atoms with E-state index in [1.807, 2.05) is 0 Å². The van der Waals surface area contributed by atoms with Crippen LogP contribution in [0.1, 0.15) is 10.4 Å². The van der Waals surface area contributed by atoms with E-state index in [0.29, 0.717) is 5.75 Å². The van der Waals surface area contributed by atoms with Crippen molar-refractivity contribution in [2.75, 3.05) is 27.9 Å². The molecule has 0 aliphatic heterocycles. The number of carbonyl (C=O) groups excluding carboxylic acids is 2. The number of methoxy groups -OCH3 is 3. The van der Waals surface area contributed by atoms with E-state index in [0.717, 1.165) is 7.11 Å². The number of esters is 1. The third-order valence-electron chi connectivity index (χ3n) is 2.58. The molecule has 1 aromatic rings. The molecule has 7 heteroatoms. The molecule has 0 radical (unpaired) electrons. The quantitative estimate of drug-likeness (QED) is 0.712. The molecule has 0 heterocycles. The van der Waals surface area contributed by atoms with Crippen LogP contribution in [0.3, 0.4) is 0 Å². The largest absolute Gasteiger partial charge is 0.493 e. The summed E-state index contributed by atoms with van der Waals surface area (Å²) in [5.41, 5.74) is 0.240. The monoisotopic (exact) mass is 283 g/mol. The van der Waals surface area contributed by atoms with Gasteiger partial charge < -0.3 is 24.6 Å². The topological polar surface area (TPSA) is 94.1 Å². The van der Waals surface area contributed by atoms with Crippen molar-refractivity contribution in [2.24, 2.45) is 0 Å². The molecule has 0 spiro atoms. The molecule has 0 aliphatic rings. The van der Waals surface area contributed by atoms with E-state index in [4.69, 9.17) is 9.47 Å². The fourth-order valence-corrected chi connectivity index (χ4v) is 1.57. The third kappa shape index (κ3) is 3.61. The van der Waals surface area contributed by atoms with Crippen LogP contribution in [0.5, 0.6) is 11.5 Å². The summed E-state index contributed by atoms with van der Waals surface area (Å²) in [7, 11) is 4.02. The molecule has 0 aromatic heterocycles. The summed E-state index contributed by atoms with van der Waals surface area (Å²) >= 11 is 0. The Balaban J connectivity index is 2.80. The molecule has 1 aromatic carbocycles. The van der Waals surface area contributed by atoms with Gasteiger partial charge in [0, 0.05) is 0 Å². The summed E-state index contributed by atoms with van der Waals surface area (Å²) in [4.78, 5) is 23.0. The Morgan fingerprint density at radius 3 is 2.50 bits per heavy atom. The highest BCUT2D eigenvalue weighted by molar-refractivity contribution is 5.98. The van der Waals surface area contributed by atoms with E-state index < -0.39 is 18.0 Å². The summed E-state index contributed by atoms with van der Waals surface area (Å²) in [5.74, 6) is -0.625. The van der Waals surface area contributed by atoms with Gasteiger partial charge in [0.1, 0.15) is 0 Å². The Morgan fingerprint density at radius 1 is 1.25 bits per heavy atom. The smallest absolute Gasteiger partial charge is 0.336 e. The van der Waals surface area contributed by atoms with E-state index in [2.05, 4.69) is 10.1 Å². The van der Waals surface area contributed by atoms with Crippen molar-refractivity contribution in [2.45, 2.75) is 6.10 Å². The van der Waals surface area contributed by atoms with Crippen LogP contribution in [0.15, 0.2) is 18.2 Å². The molecule has 1 amide bonds. The first-order chi connectivity index (χ1) is 9.54. The molecule has 0 bridgehead atoms. The number of aliphatic hydroxyl groups is 1. The highest BCUT2D eigenvalue weighted by atomic mass is 16.5. The molecule has 1 atom stereocenters. The summed E-state index contributed by atoms with van der Waals surface area (Å²) in [6.07, 6.45) is -1.42. The van der Waals surface area contributed by atoms with Gasteiger partial charge in [-0.2, -0.15) is 0 Å². The van der Waals surface area contributed by atoms with Gasteiger partial charge in [-0.25, -0.2) is 4.79 Å². The number of aliphatic hydroxyl groups excluding tert-OH is 1. The summed E-state index contributed by atoms with van der Waals surface area (Å²) in [6.45, 7) is -0.258. The predicted molar refractivity (Wildman–Crippen MR) is 69.9 cm³/mol. The highest BCUT2D eigenvalue weighted by Gasteiger charge is 2.20. The van der Waals surface area contributed by atoms with Crippen molar-refractivity contribution in [3.05, 3.63) is 23.8 Å². The second-order valence-corrected chi connectivity index (χ2v) is 3.79. The molecule has 0 aliphatic carbocycles. The Hall–Kier alpha value is -2.28. The van der Waals surface area contributed by atoms with Crippen LogP contribution < -0.4 is 14.8 Å². The van der Waals surface area contributed by atoms with Crippen LogP contribution in [0.25, 0.3) is 0 Å². The van der Waals surface area contributed by atoms with Gasteiger partial charge in [-0.05, 0) is 12.1 Å². The SMILES string of the molecule is COC(=O)C(O)CNC(=O)c1cccc(OC)c1OC. The summed E-state index contributed by atoms with van der Waals surface area (Å²) in [6, 6.07) is 4.83. The van der Waals surface area contributed by atoms with Crippen molar-refractivity contribution < 1.29 is 28.9 Å². The molecule has 0 fully saturated rings. The predicted octanol–water partition coefficient (Wildman–Crippen LogP) is -0.0325. The number of carbonyl (C=O) groups is 2. The Kier molecular flexibility index (Phi) is 5.79. The molecule has 0 saturated heterocycles. The molecule has 20 heavy (non-hydrogen) atoms. The number of ether oxygens (including phenoxy) is 3. The minimum absolute atomic E-state index is 0.240. The lowest BCUT2D eigenvalue weighted by molar-refractivity contribution is -0.149. The van der Waals surface area contributed by atoms with Crippen molar-refractivity contribution in [3.63, 3.8) is 0 Å². The van der Waals surface area contributed by atoms with Crippen molar-refractivity contribution in [3.8, 4) is 11.5 Å². The average Bonchev–Trinajstić information content (AvgIpc) is 2.50. The van der Waals surface area contributed by atoms with Gasteiger partial charge in [0.25, 0.3) is 5.91 Å². The maximum Gasteiger partial charge on any atom is 0.336 e. The molecule has 2 N–H and O–H groups in total. The van der Waals surface area contributed by atoms with Gasteiger partial charge >= 0.3 is 5.97 Å². The zero-order valence-electron chi connectivity index (χ0n) is 11.5. The number of hydrogen-bond donors (Lipinski definition) is 2. The minimum Gasteiger partial charge on any atom is -0.493 e. The molecule has 1 unspecified atom stereocenters. The van der Waals surface area contributed by atoms with Gasteiger partial charge in [0.15, 0.2) is 17.6 Å². The molecule has 1 rings (SSSR count). The van der Waals surface area contributed by atoms with E-state index in [1.165, 1.54) is 14.2 Å². The van der Waals surface area contributed by atoms with E-state index in [1.54, 1.807) is 18.2 Å². The van der Waals surface area contributed by atoms with Crippen molar-refractivity contribution in [1.82, 2.24) is 5.32 Å². The van der Waals surface area contributed by atoms with Crippen LogP contribution in [0, 0.1) is 0 Å². The number of benzene rings is 1. The fourth-order valence-electron chi connectivity index (χ4n) is 1.57. The van der Waals surface area contributed by atoms with Gasteiger partial charge in [-0.1, -0.05) is 6.07 Å². The lowest BCUT2D eigenvalue weighted by Crippen LogP contribution is -2.37. The third-order valence-corrected chi connectivity index (χ3v) is 2.58. The maximum atomic E-state index is 12.0. The van der Waals surface area contributed by atoms with Crippen LogP contribution in [-0.4, -0.2) is 51.0 Å².